The molecule has 3 rings (SSSR count). The molecule has 96 valence electrons. The van der Waals surface area contributed by atoms with E-state index in [1.54, 1.807) is 18.3 Å². The van der Waals surface area contributed by atoms with E-state index in [4.69, 9.17) is 25.2 Å². The fourth-order valence-corrected chi connectivity index (χ4v) is 2.27. The van der Waals surface area contributed by atoms with Gasteiger partial charge in [0.05, 0.1) is 16.2 Å². The summed E-state index contributed by atoms with van der Waals surface area (Å²) in [6.07, 6.45) is 1.66. The van der Waals surface area contributed by atoms with E-state index >= 15 is 0 Å². The van der Waals surface area contributed by atoms with Gasteiger partial charge in [-0.1, -0.05) is 17.7 Å². The van der Waals surface area contributed by atoms with Gasteiger partial charge < -0.3 is 10.7 Å². The van der Waals surface area contributed by atoms with Crippen LogP contribution in [-0.2, 0) is 0 Å². The van der Waals surface area contributed by atoms with Crippen LogP contribution < -0.4 is 16.9 Å². The van der Waals surface area contributed by atoms with Crippen LogP contribution >= 0.6 is 11.6 Å². The first kappa shape index (κ1) is 12.7. The predicted molar refractivity (Wildman–Crippen MR) is 80.4 cm³/mol. The summed E-state index contributed by atoms with van der Waals surface area (Å²) in [6, 6.07) is 7.18. The number of H-pyrrole nitrogens is 1. The topological polar surface area (TPSA) is 84.7 Å². The molecule has 0 bridgehead atoms. The molecule has 2 radical (unpaired) electrons. The van der Waals surface area contributed by atoms with Crippen LogP contribution in [0.25, 0.3) is 22.2 Å². The molecule has 20 heavy (non-hydrogen) atoms. The second kappa shape index (κ2) is 4.65. The Morgan fingerprint density at radius 1 is 1.35 bits per heavy atom. The smallest absolute Gasteiger partial charge is 0.290 e. The number of pyridine rings is 1. The lowest BCUT2D eigenvalue weighted by molar-refractivity contribution is 1.19. The quantitative estimate of drug-likeness (QED) is 0.653. The number of nitrogens with two attached hydrogens (primary N) is 1. The molecule has 0 aliphatic rings. The van der Waals surface area contributed by atoms with Gasteiger partial charge in [0.1, 0.15) is 7.85 Å². The number of rotatable bonds is 1. The largest absolute Gasteiger partial charge is 0.379 e. The number of fused-ring (bicyclic) bond motifs is 1. The van der Waals surface area contributed by atoms with E-state index in [-0.39, 0.29) is 11.4 Å². The minimum absolute atomic E-state index is 0.140. The first-order valence-electron chi connectivity index (χ1n) is 5.76. The minimum Gasteiger partial charge on any atom is -0.379 e. The number of aromatic nitrogens is 3. The summed E-state index contributed by atoms with van der Waals surface area (Å²) in [5, 5.41) is 1.31. The number of aromatic amines is 1. The van der Waals surface area contributed by atoms with Crippen LogP contribution in [0.2, 0.25) is 5.02 Å². The number of nitrogen functional groups attached to an aromatic ring is 1. The number of halogens is 1. The van der Waals surface area contributed by atoms with Gasteiger partial charge in [0.15, 0.2) is 5.82 Å². The zero-order valence-electron chi connectivity index (χ0n) is 10.2. The maximum absolute atomic E-state index is 11.6. The van der Waals surface area contributed by atoms with Gasteiger partial charge in [-0.05, 0) is 18.2 Å². The van der Waals surface area contributed by atoms with E-state index in [9.17, 15) is 4.79 Å². The first-order chi connectivity index (χ1) is 9.56. The highest BCUT2D eigenvalue weighted by Gasteiger charge is 2.10. The van der Waals surface area contributed by atoms with Crippen molar-refractivity contribution in [3.8, 4) is 11.3 Å². The molecule has 0 saturated carbocycles. The Kier molecular flexibility index (Phi) is 2.95. The third-order valence-electron chi connectivity index (χ3n) is 2.92. The molecule has 7 heteroatoms. The molecule has 0 atom stereocenters. The highest BCUT2D eigenvalue weighted by molar-refractivity contribution is 6.36. The van der Waals surface area contributed by atoms with Crippen LogP contribution in [0.1, 0.15) is 0 Å². The number of benzene rings is 1. The van der Waals surface area contributed by atoms with E-state index in [0.717, 1.165) is 5.39 Å². The van der Waals surface area contributed by atoms with Crippen molar-refractivity contribution < 1.29 is 0 Å². The van der Waals surface area contributed by atoms with Gasteiger partial charge in [-0.15, -0.1) is 0 Å². The molecule has 0 saturated heterocycles. The fourth-order valence-electron chi connectivity index (χ4n) is 1.99. The number of nitrogens with one attached hydrogen (secondary N) is 1. The molecule has 2 aromatic heterocycles. The fraction of sp³-hybridized carbons (Fsp3) is 0. The van der Waals surface area contributed by atoms with E-state index in [2.05, 4.69) is 15.0 Å². The number of hydrogen-bond donors (Lipinski definition) is 2. The average Bonchev–Trinajstić information content (AvgIpc) is 2.43. The van der Waals surface area contributed by atoms with Crippen LogP contribution in [0.3, 0.4) is 0 Å². The van der Waals surface area contributed by atoms with Gasteiger partial charge in [-0.2, -0.15) is 0 Å². The van der Waals surface area contributed by atoms with Gasteiger partial charge in [0, 0.05) is 22.7 Å². The summed E-state index contributed by atoms with van der Waals surface area (Å²) >= 11 is 6.20. The first-order valence-corrected chi connectivity index (χ1v) is 6.14. The molecule has 5 nitrogen and oxygen atoms in total. The third-order valence-corrected chi connectivity index (χ3v) is 3.20. The molecule has 3 N–H and O–H groups in total. The predicted octanol–water partition coefficient (Wildman–Crippen LogP) is 1.01. The Morgan fingerprint density at radius 3 is 2.95 bits per heavy atom. The van der Waals surface area contributed by atoms with E-state index in [1.165, 1.54) is 0 Å². The van der Waals surface area contributed by atoms with Gasteiger partial charge in [0.2, 0.25) is 0 Å². The van der Waals surface area contributed by atoms with E-state index in [0.29, 0.717) is 21.8 Å². The monoisotopic (exact) mass is 282 g/mol. The van der Waals surface area contributed by atoms with Gasteiger partial charge in [-0.3, -0.25) is 9.78 Å². The summed E-state index contributed by atoms with van der Waals surface area (Å²) in [4.78, 5) is 22.2. The standard InChI is InChI=1S/C13H8BClN4O/c14-11-10(18-13(20)12(16)19-11)7-4-6-2-1-3-17-9(6)8(15)5-7/h1-5H,(H2,16,19)(H,18,20). The molecule has 0 unspecified atom stereocenters. The minimum atomic E-state index is -0.489. The average molecular weight is 282 g/mol. The second-order valence-corrected chi connectivity index (χ2v) is 4.65. The number of anilines is 1. The molecule has 0 spiro atoms. The van der Waals surface area contributed by atoms with Crippen molar-refractivity contribution in [2.75, 3.05) is 5.73 Å². The summed E-state index contributed by atoms with van der Waals surface area (Å²) < 4.78 is 0. The molecule has 2 heterocycles. The van der Waals surface area contributed by atoms with Gasteiger partial charge in [-0.25, -0.2) is 4.98 Å². The van der Waals surface area contributed by atoms with Crippen LogP contribution in [-0.4, -0.2) is 22.8 Å². The number of nitrogens with zero attached hydrogens (tertiary/aromatic N) is 2. The lowest BCUT2D eigenvalue weighted by atomic mass is 9.96. The Bertz CT molecular complexity index is 878. The second-order valence-electron chi connectivity index (χ2n) is 4.24. The normalized spacial score (nSPS) is 10.8. The van der Waals surface area contributed by atoms with Gasteiger partial charge >= 0.3 is 0 Å². The molecule has 0 aliphatic carbocycles. The zero-order valence-corrected chi connectivity index (χ0v) is 11.0. The number of hydrogen-bond acceptors (Lipinski definition) is 4. The molecule has 0 aliphatic heterocycles. The Morgan fingerprint density at radius 2 is 2.15 bits per heavy atom. The Labute approximate surface area is 120 Å². The summed E-state index contributed by atoms with van der Waals surface area (Å²) in [5.41, 5.74) is 6.79. The van der Waals surface area contributed by atoms with Crippen molar-refractivity contribution in [1.82, 2.24) is 15.0 Å². The molecule has 0 fully saturated rings. The molecule has 1 aromatic carbocycles. The maximum Gasteiger partial charge on any atom is 0.290 e. The third kappa shape index (κ3) is 2.04. The van der Waals surface area contributed by atoms with Crippen molar-refractivity contribution in [1.29, 1.82) is 0 Å². The van der Waals surface area contributed by atoms with Crippen LogP contribution in [0.15, 0.2) is 35.3 Å². The summed E-state index contributed by atoms with van der Waals surface area (Å²) in [6.45, 7) is 0. The molecular weight excluding hydrogens is 274 g/mol. The Hall–Kier alpha value is -2.34. The molecular formula is C13H8BClN4O. The van der Waals surface area contributed by atoms with Crippen molar-refractivity contribution in [2.45, 2.75) is 0 Å². The van der Waals surface area contributed by atoms with Crippen molar-refractivity contribution >= 4 is 41.8 Å². The van der Waals surface area contributed by atoms with Crippen LogP contribution in [0, 0.1) is 0 Å². The maximum atomic E-state index is 11.6. The Balaban J connectivity index is 2.30. The highest BCUT2D eigenvalue weighted by atomic mass is 35.5. The zero-order chi connectivity index (χ0) is 14.3. The lowest BCUT2D eigenvalue weighted by Gasteiger charge is -2.08. The van der Waals surface area contributed by atoms with Crippen molar-refractivity contribution in [2.24, 2.45) is 0 Å². The van der Waals surface area contributed by atoms with Crippen LogP contribution in [0.5, 0.6) is 0 Å². The molecule has 0 amide bonds. The molecule has 3 aromatic rings. The summed E-state index contributed by atoms with van der Waals surface area (Å²) in [5.74, 6) is -0.167. The van der Waals surface area contributed by atoms with E-state index < -0.39 is 5.56 Å². The van der Waals surface area contributed by atoms with Gasteiger partial charge in [0.25, 0.3) is 5.56 Å². The highest BCUT2D eigenvalue weighted by Crippen LogP contribution is 2.27. The SMILES string of the molecule is [B]c1nc(N)c(=O)[nH]c1-c1cc(Cl)c2ncccc2c1. The van der Waals surface area contributed by atoms with Crippen LogP contribution in [0.4, 0.5) is 5.82 Å². The van der Waals surface area contributed by atoms with E-state index in [1.807, 2.05) is 12.1 Å². The lowest BCUT2D eigenvalue weighted by Crippen LogP contribution is -2.25. The van der Waals surface area contributed by atoms with Crippen molar-refractivity contribution in [3.63, 3.8) is 0 Å². The van der Waals surface area contributed by atoms with Crippen molar-refractivity contribution in [3.05, 3.63) is 45.8 Å². The summed E-state index contributed by atoms with van der Waals surface area (Å²) in [7, 11) is 5.80.